The number of urea groups is 1. The molecule has 0 spiro atoms. The lowest BCUT2D eigenvalue weighted by molar-refractivity contribution is -0.143. The van der Waals surface area contributed by atoms with Crippen LogP contribution in [0.1, 0.15) is 37.8 Å². The summed E-state index contributed by atoms with van der Waals surface area (Å²) in [5.74, 6) is 0. The Kier molecular flexibility index (Phi) is 5.90. The van der Waals surface area contributed by atoms with Gasteiger partial charge in [-0.2, -0.15) is 26.3 Å². The number of benzene rings is 1. The molecule has 0 aliphatic rings. The molecule has 1 aromatic rings. The molecule has 0 aliphatic carbocycles. The summed E-state index contributed by atoms with van der Waals surface area (Å²) < 4.78 is 76.2. The molecule has 130 valence electrons. The molecule has 0 aromatic heterocycles. The maximum Gasteiger partial charge on any atom is 0.416 e. The molecule has 0 bridgehead atoms. The molecule has 0 atom stereocenters. The second-order valence-corrected chi connectivity index (χ2v) is 4.91. The van der Waals surface area contributed by atoms with Gasteiger partial charge in [-0.25, -0.2) is 4.79 Å². The van der Waals surface area contributed by atoms with E-state index in [1.165, 1.54) is 0 Å². The van der Waals surface area contributed by atoms with E-state index < -0.39 is 35.2 Å². The third-order valence-corrected chi connectivity index (χ3v) is 3.17. The molecule has 2 amide bonds. The molecule has 0 aliphatic heterocycles. The predicted octanol–water partition coefficient (Wildman–Crippen LogP) is 5.03. The van der Waals surface area contributed by atoms with Crippen molar-refractivity contribution in [1.29, 1.82) is 0 Å². The normalized spacial score (nSPS) is 12.4. The van der Waals surface area contributed by atoms with E-state index in [1.807, 2.05) is 5.32 Å². The summed E-state index contributed by atoms with van der Waals surface area (Å²) in [7, 11) is 0. The van der Waals surface area contributed by atoms with Gasteiger partial charge in [0.25, 0.3) is 0 Å². The van der Waals surface area contributed by atoms with E-state index in [0.29, 0.717) is 25.0 Å². The van der Waals surface area contributed by atoms with Gasteiger partial charge in [-0.15, -0.1) is 0 Å². The van der Waals surface area contributed by atoms with Crippen molar-refractivity contribution < 1.29 is 31.1 Å². The van der Waals surface area contributed by atoms with Crippen LogP contribution in [0.2, 0.25) is 0 Å². The average Bonchev–Trinajstić information content (AvgIpc) is 2.42. The molecule has 0 saturated carbocycles. The Balaban J connectivity index is 3.08. The van der Waals surface area contributed by atoms with Gasteiger partial charge in [0.1, 0.15) is 0 Å². The Morgan fingerprint density at radius 3 is 1.74 bits per heavy atom. The Morgan fingerprint density at radius 2 is 1.39 bits per heavy atom. The Hall–Kier alpha value is -1.93. The van der Waals surface area contributed by atoms with Crippen molar-refractivity contribution in [3.8, 4) is 0 Å². The molecule has 2 N–H and O–H groups in total. The Labute approximate surface area is 129 Å². The monoisotopic (exact) mass is 342 g/mol. The van der Waals surface area contributed by atoms with Gasteiger partial charge in [-0.3, -0.25) is 0 Å². The van der Waals surface area contributed by atoms with Crippen molar-refractivity contribution in [2.75, 3.05) is 5.32 Å². The lowest BCUT2D eigenvalue weighted by Gasteiger charge is -2.17. The summed E-state index contributed by atoms with van der Waals surface area (Å²) in [6.07, 6.45) is -8.74. The van der Waals surface area contributed by atoms with Crippen molar-refractivity contribution >= 4 is 11.7 Å². The number of anilines is 1. The molecule has 0 fully saturated rings. The molecule has 1 aromatic carbocycles. The van der Waals surface area contributed by atoms with Gasteiger partial charge >= 0.3 is 18.4 Å². The second-order valence-electron chi connectivity index (χ2n) is 4.91. The Bertz CT molecular complexity index is 517. The van der Waals surface area contributed by atoms with Crippen molar-refractivity contribution in [2.45, 2.75) is 45.1 Å². The number of amides is 2. The first-order valence-corrected chi connectivity index (χ1v) is 6.84. The molecular weight excluding hydrogens is 326 g/mol. The van der Waals surface area contributed by atoms with Crippen LogP contribution in [0.15, 0.2) is 18.2 Å². The van der Waals surface area contributed by atoms with E-state index in [1.54, 1.807) is 13.8 Å². The third-order valence-electron chi connectivity index (χ3n) is 3.17. The molecule has 0 heterocycles. The Morgan fingerprint density at radius 1 is 0.957 bits per heavy atom. The van der Waals surface area contributed by atoms with Crippen LogP contribution in [-0.2, 0) is 12.4 Å². The topological polar surface area (TPSA) is 41.1 Å². The first-order chi connectivity index (χ1) is 10.5. The second kappa shape index (κ2) is 7.10. The highest BCUT2D eigenvalue weighted by atomic mass is 19.4. The fourth-order valence-electron chi connectivity index (χ4n) is 1.87. The minimum absolute atomic E-state index is 0.00394. The number of hydrogen-bond donors (Lipinski definition) is 2. The van der Waals surface area contributed by atoms with Gasteiger partial charge in [0.2, 0.25) is 0 Å². The van der Waals surface area contributed by atoms with Gasteiger partial charge in [-0.1, -0.05) is 13.8 Å². The van der Waals surface area contributed by atoms with E-state index in [4.69, 9.17) is 0 Å². The number of halogens is 6. The summed E-state index contributed by atoms with van der Waals surface area (Å²) in [5, 5.41) is 4.48. The van der Waals surface area contributed by atoms with E-state index >= 15 is 0 Å². The quantitative estimate of drug-likeness (QED) is 0.740. The molecule has 1 rings (SSSR count). The van der Waals surface area contributed by atoms with Crippen LogP contribution in [0.5, 0.6) is 0 Å². The average molecular weight is 342 g/mol. The van der Waals surface area contributed by atoms with Crippen molar-refractivity contribution in [2.24, 2.45) is 0 Å². The van der Waals surface area contributed by atoms with Gasteiger partial charge in [0.15, 0.2) is 0 Å². The number of rotatable bonds is 4. The number of hydrogen-bond acceptors (Lipinski definition) is 1. The SMILES string of the molecule is CCC(CC)NC(=O)Nc1cc(C(F)(F)F)cc(C(F)(F)F)c1. The van der Waals surface area contributed by atoms with Crippen molar-refractivity contribution in [3.63, 3.8) is 0 Å². The zero-order valence-electron chi connectivity index (χ0n) is 12.4. The van der Waals surface area contributed by atoms with Crippen LogP contribution in [0, 0.1) is 0 Å². The minimum Gasteiger partial charge on any atom is -0.335 e. The standard InChI is InChI=1S/C14H16F6N2O/c1-3-10(4-2)21-12(23)22-11-6-8(13(15,16)17)5-9(7-11)14(18,19)20/h5-7,10H,3-4H2,1-2H3,(H2,21,22,23). The third kappa shape index (κ3) is 5.65. The lowest BCUT2D eigenvalue weighted by atomic mass is 10.1. The summed E-state index contributed by atoms with van der Waals surface area (Å²) in [4.78, 5) is 11.7. The van der Waals surface area contributed by atoms with E-state index in [9.17, 15) is 31.1 Å². The van der Waals surface area contributed by atoms with Crippen LogP contribution in [0.4, 0.5) is 36.8 Å². The highest BCUT2D eigenvalue weighted by Gasteiger charge is 2.37. The predicted molar refractivity (Wildman–Crippen MR) is 73.0 cm³/mol. The number of nitrogens with one attached hydrogen (secondary N) is 2. The number of carbonyl (C=O) groups excluding carboxylic acids is 1. The summed E-state index contributed by atoms with van der Waals surface area (Å²) >= 11 is 0. The van der Waals surface area contributed by atoms with Gasteiger partial charge in [-0.05, 0) is 31.0 Å². The molecule has 0 unspecified atom stereocenters. The van der Waals surface area contributed by atoms with Gasteiger partial charge < -0.3 is 10.6 Å². The molecular formula is C14H16F6N2O. The molecule has 9 heteroatoms. The van der Waals surface area contributed by atoms with Gasteiger partial charge in [0.05, 0.1) is 11.1 Å². The smallest absolute Gasteiger partial charge is 0.335 e. The maximum atomic E-state index is 12.7. The molecule has 3 nitrogen and oxygen atoms in total. The van der Waals surface area contributed by atoms with Crippen LogP contribution in [-0.4, -0.2) is 12.1 Å². The fourth-order valence-corrected chi connectivity index (χ4v) is 1.87. The molecule has 0 saturated heterocycles. The minimum atomic E-state index is -4.95. The highest BCUT2D eigenvalue weighted by Crippen LogP contribution is 2.37. The molecule has 0 radical (unpaired) electrons. The summed E-state index contributed by atoms with van der Waals surface area (Å²) in [5.41, 5.74) is -3.54. The number of carbonyl (C=O) groups is 1. The molecule has 23 heavy (non-hydrogen) atoms. The van der Waals surface area contributed by atoms with Crippen LogP contribution in [0.25, 0.3) is 0 Å². The maximum absolute atomic E-state index is 12.7. The van der Waals surface area contributed by atoms with Crippen molar-refractivity contribution in [3.05, 3.63) is 29.3 Å². The van der Waals surface area contributed by atoms with Crippen LogP contribution < -0.4 is 10.6 Å². The highest BCUT2D eigenvalue weighted by molar-refractivity contribution is 5.89. The summed E-state index contributed by atoms with van der Waals surface area (Å²) in [6, 6.07) is -0.151. The van der Waals surface area contributed by atoms with Crippen LogP contribution >= 0.6 is 0 Å². The van der Waals surface area contributed by atoms with Crippen molar-refractivity contribution in [1.82, 2.24) is 5.32 Å². The first-order valence-electron chi connectivity index (χ1n) is 6.84. The number of alkyl halides is 6. The zero-order valence-corrected chi connectivity index (χ0v) is 12.4. The summed E-state index contributed by atoms with van der Waals surface area (Å²) in [6.45, 7) is 3.58. The first kappa shape index (κ1) is 19.1. The van der Waals surface area contributed by atoms with E-state index in [-0.39, 0.29) is 12.1 Å². The van der Waals surface area contributed by atoms with Gasteiger partial charge in [0, 0.05) is 11.7 Å². The largest absolute Gasteiger partial charge is 0.416 e. The van der Waals surface area contributed by atoms with E-state index in [2.05, 4.69) is 5.32 Å². The zero-order chi connectivity index (χ0) is 17.8. The van der Waals surface area contributed by atoms with Crippen LogP contribution in [0.3, 0.4) is 0 Å². The van der Waals surface area contributed by atoms with E-state index in [0.717, 1.165) is 0 Å². The lowest BCUT2D eigenvalue weighted by Crippen LogP contribution is -2.37. The fraction of sp³-hybridized carbons (Fsp3) is 0.500.